The molecule has 0 aromatic heterocycles. The Morgan fingerprint density at radius 1 is 1.22 bits per heavy atom. The molecule has 1 saturated heterocycles. The Bertz CT molecular complexity index is 929. The number of likely N-dealkylation sites (tertiary alicyclic amines) is 1. The average Bonchev–Trinajstić information content (AvgIpc) is 2.77. The van der Waals surface area contributed by atoms with E-state index >= 15 is 0 Å². The molecule has 0 radical (unpaired) electrons. The second-order valence-electron chi connectivity index (χ2n) is 10.8. The highest BCUT2D eigenvalue weighted by atomic mass is 32.2. The van der Waals surface area contributed by atoms with Crippen molar-refractivity contribution in [1.82, 2.24) is 10.2 Å². The van der Waals surface area contributed by atoms with E-state index in [9.17, 15) is 9.59 Å². The fourth-order valence-corrected chi connectivity index (χ4v) is 5.96. The molecule has 1 aliphatic rings. The summed E-state index contributed by atoms with van der Waals surface area (Å²) >= 11 is 6.80. The zero-order valence-electron chi connectivity index (χ0n) is 22.9. The van der Waals surface area contributed by atoms with E-state index in [1.165, 1.54) is 11.8 Å². The minimum absolute atomic E-state index is 0.00559. The predicted molar refractivity (Wildman–Crippen MR) is 150 cm³/mol. The number of hydrogen-bond donors (Lipinski definition) is 1. The molecule has 0 saturated carbocycles. The smallest absolute Gasteiger partial charge is 0.243 e. The Balaban J connectivity index is 2.37. The Hall–Kier alpha value is -2.00. The van der Waals surface area contributed by atoms with E-state index in [1.54, 1.807) is 19.1 Å². The van der Waals surface area contributed by atoms with Crippen molar-refractivity contribution >= 4 is 40.2 Å². The van der Waals surface area contributed by atoms with Gasteiger partial charge in [0.25, 0.3) is 0 Å². The van der Waals surface area contributed by atoms with Gasteiger partial charge in [0.15, 0.2) is 11.5 Å². The third-order valence-electron chi connectivity index (χ3n) is 6.25. The third-order valence-corrected chi connectivity index (χ3v) is 7.70. The normalized spacial score (nSPS) is 20.2. The van der Waals surface area contributed by atoms with E-state index in [4.69, 9.17) is 26.4 Å². The highest BCUT2D eigenvalue weighted by molar-refractivity contribution is 8.23. The molecule has 2 amide bonds. The molecule has 1 heterocycles. The van der Waals surface area contributed by atoms with E-state index < -0.39 is 17.0 Å². The van der Waals surface area contributed by atoms with E-state index in [2.05, 4.69) is 19.2 Å². The van der Waals surface area contributed by atoms with Crippen LogP contribution in [0.1, 0.15) is 66.4 Å². The molecule has 0 spiro atoms. The molecule has 1 aliphatic heterocycles. The van der Waals surface area contributed by atoms with Gasteiger partial charge in [0.05, 0.1) is 20.8 Å². The number of carbonyl (C=O) groups is 2. The second-order valence-corrected chi connectivity index (χ2v) is 12.7. The van der Waals surface area contributed by atoms with Crippen LogP contribution in [0.5, 0.6) is 11.5 Å². The van der Waals surface area contributed by atoms with Crippen molar-refractivity contribution in [3.05, 3.63) is 23.8 Å². The number of nitrogens with one attached hydrogen (secondary N) is 1. The van der Waals surface area contributed by atoms with Crippen molar-refractivity contribution < 1.29 is 23.8 Å². The van der Waals surface area contributed by atoms with Gasteiger partial charge in [-0.2, -0.15) is 0 Å². The number of thioether (sulfide) groups is 1. The molecule has 1 N–H and O–H groups in total. The molecular weight excluding hydrogens is 496 g/mol. The summed E-state index contributed by atoms with van der Waals surface area (Å²) in [7, 11) is 3.20. The predicted octanol–water partition coefficient (Wildman–Crippen LogP) is 4.99. The highest BCUT2D eigenvalue weighted by Crippen LogP contribution is 2.38. The third kappa shape index (κ3) is 8.54. The summed E-state index contributed by atoms with van der Waals surface area (Å²) in [5.41, 5.74) is 0.156. The van der Waals surface area contributed by atoms with Crippen molar-refractivity contribution in [3.63, 3.8) is 0 Å². The molecule has 0 bridgehead atoms. The molecule has 9 heteroatoms. The topological polar surface area (TPSA) is 77.1 Å². The van der Waals surface area contributed by atoms with Gasteiger partial charge in [0, 0.05) is 23.8 Å². The van der Waals surface area contributed by atoms with Gasteiger partial charge in [-0.3, -0.25) is 9.59 Å². The number of nitrogens with zero attached hydrogens (tertiary/aromatic N) is 1. The van der Waals surface area contributed by atoms with Crippen LogP contribution in [0.4, 0.5) is 0 Å². The Morgan fingerprint density at radius 3 is 2.47 bits per heavy atom. The summed E-state index contributed by atoms with van der Waals surface area (Å²) in [4.78, 5) is 29.1. The summed E-state index contributed by atoms with van der Waals surface area (Å²) in [5, 5.41) is 3.13. The standard InChI is InChI=1S/C27H42N2O5S2/c1-9-34-25(35)36-19-12-14-27(5,6)23(24(31)28-26(2,3)4)29(22(30)17-19)15-13-18-10-11-20(32-7)21(16-18)33-8/h10-11,16,19,23H,9,12-15,17H2,1-8H3,(H,28,31). The van der Waals surface area contributed by atoms with Crippen LogP contribution in [-0.4, -0.2) is 65.3 Å². The molecule has 0 aliphatic carbocycles. The first-order valence-corrected chi connectivity index (χ1v) is 13.8. The summed E-state index contributed by atoms with van der Waals surface area (Å²) in [6.07, 6.45) is 2.44. The van der Waals surface area contributed by atoms with Crippen molar-refractivity contribution in [2.75, 3.05) is 27.4 Å². The SMILES string of the molecule is CCOC(=S)SC1CCC(C)(C)C(C(=O)NC(C)(C)C)N(CCc2ccc(OC)c(OC)c2)C(=O)C1. The lowest BCUT2D eigenvalue weighted by molar-refractivity contribution is -0.147. The number of rotatable bonds is 8. The fourth-order valence-electron chi connectivity index (χ4n) is 4.51. The lowest BCUT2D eigenvalue weighted by Gasteiger charge is -2.45. The van der Waals surface area contributed by atoms with Crippen LogP contribution in [-0.2, 0) is 20.7 Å². The molecule has 2 rings (SSSR count). The lowest BCUT2D eigenvalue weighted by Crippen LogP contribution is -2.60. The number of amides is 2. The van der Waals surface area contributed by atoms with Gasteiger partial charge in [0.2, 0.25) is 16.2 Å². The quantitative estimate of drug-likeness (QED) is 0.467. The largest absolute Gasteiger partial charge is 0.493 e. The first kappa shape index (κ1) is 30.2. The summed E-state index contributed by atoms with van der Waals surface area (Å²) in [6.45, 7) is 12.8. The summed E-state index contributed by atoms with van der Waals surface area (Å²) < 4.78 is 16.7. The molecular formula is C27H42N2O5S2. The average molecular weight is 539 g/mol. The number of hydrogen-bond acceptors (Lipinski definition) is 7. The van der Waals surface area contributed by atoms with Crippen LogP contribution in [0.3, 0.4) is 0 Å². The minimum atomic E-state index is -0.589. The van der Waals surface area contributed by atoms with E-state index in [1.807, 2.05) is 45.9 Å². The molecule has 1 fully saturated rings. The van der Waals surface area contributed by atoms with Crippen LogP contribution < -0.4 is 14.8 Å². The zero-order chi connectivity index (χ0) is 27.1. The molecule has 2 atom stereocenters. The Morgan fingerprint density at radius 2 is 1.89 bits per heavy atom. The second kappa shape index (κ2) is 13.0. The maximum Gasteiger partial charge on any atom is 0.243 e. The van der Waals surface area contributed by atoms with Gasteiger partial charge in [-0.15, -0.1) is 0 Å². The maximum atomic E-state index is 13.7. The monoisotopic (exact) mass is 538 g/mol. The van der Waals surface area contributed by atoms with E-state index in [0.717, 1.165) is 18.4 Å². The fraction of sp³-hybridized carbons (Fsp3) is 0.667. The molecule has 1 aromatic carbocycles. The maximum absolute atomic E-state index is 13.7. The van der Waals surface area contributed by atoms with Gasteiger partial charge in [-0.05, 0) is 82.3 Å². The van der Waals surface area contributed by atoms with Crippen molar-refractivity contribution in [1.29, 1.82) is 0 Å². The number of thiocarbonyl (C=S) groups is 1. The molecule has 2 unspecified atom stereocenters. The van der Waals surface area contributed by atoms with Crippen molar-refractivity contribution in [2.24, 2.45) is 5.41 Å². The Labute approximate surface area is 226 Å². The van der Waals surface area contributed by atoms with Gasteiger partial charge >= 0.3 is 0 Å². The highest BCUT2D eigenvalue weighted by Gasteiger charge is 2.44. The van der Waals surface area contributed by atoms with Crippen LogP contribution in [0.2, 0.25) is 0 Å². The molecule has 202 valence electrons. The van der Waals surface area contributed by atoms with E-state index in [0.29, 0.717) is 41.9 Å². The van der Waals surface area contributed by atoms with Crippen LogP contribution in [0, 0.1) is 5.41 Å². The molecule has 36 heavy (non-hydrogen) atoms. The van der Waals surface area contributed by atoms with Gasteiger partial charge in [-0.25, -0.2) is 0 Å². The number of carbonyl (C=O) groups excluding carboxylic acids is 2. The molecule has 7 nitrogen and oxygen atoms in total. The van der Waals surface area contributed by atoms with E-state index in [-0.39, 0.29) is 17.1 Å². The van der Waals surface area contributed by atoms with Gasteiger partial charge < -0.3 is 24.4 Å². The van der Waals surface area contributed by atoms with Crippen molar-refractivity contribution in [2.45, 2.75) is 84.1 Å². The lowest BCUT2D eigenvalue weighted by atomic mass is 9.76. The van der Waals surface area contributed by atoms with Gasteiger partial charge in [0.1, 0.15) is 6.04 Å². The minimum Gasteiger partial charge on any atom is -0.493 e. The van der Waals surface area contributed by atoms with Gasteiger partial charge in [-0.1, -0.05) is 31.7 Å². The Kier molecular flexibility index (Phi) is 10.9. The van der Waals surface area contributed by atoms with Crippen LogP contribution >= 0.6 is 24.0 Å². The molecule has 1 aromatic rings. The first-order chi connectivity index (χ1) is 16.8. The van der Waals surface area contributed by atoms with Crippen LogP contribution in [0.25, 0.3) is 0 Å². The number of ether oxygens (including phenoxy) is 3. The first-order valence-electron chi connectivity index (χ1n) is 12.5. The summed E-state index contributed by atoms with van der Waals surface area (Å²) in [6, 6.07) is 5.15. The summed E-state index contributed by atoms with van der Waals surface area (Å²) in [5.74, 6) is 1.12. The zero-order valence-corrected chi connectivity index (χ0v) is 24.6. The number of benzene rings is 1. The van der Waals surface area contributed by atoms with Crippen molar-refractivity contribution in [3.8, 4) is 11.5 Å². The van der Waals surface area contributed by atoms with Crippen LogP contribution in [0.15, 0.2) is 18.2 Å². The number of methoxy groups -OCH3 is 2.